The second-order valence-electron chi connectivity index (χ2n) is 8.60. The Labute approximate surface area is 163 Å². The third-order valence-corrected chi connectivity index (χ3v) is 5.93. The average Bonchev–Trinajstić information content (AvgIpc) is 2.57. The summed E-state index contributed by atoms with van der Waals surface area (Å²) in [6.07, 6.45) is 5.81. The number of likely N-dealkylation sites (tertiary alicyclic amines) is 1. The van der Waals surface area contributed by atoms with E-state index in [1.165, 1.54) is 16.7 Å². The molecule has 4 nitrogen and oxygen atoms in total. The first kappa shape index (κ1) is 19.9. The van der Waals surface area contributed by atoms with Gasteiger partial charge in [-0.15, -0.1) is 0 Å². The average molecular weight is 372 g/mol. The summed E-state index contributed by atoms with van der Waals surface area (Å²) in [7, 11) is 0. The third-order valence-electron chi connectivity index (χ3n) is 5.93. The minimum atomic E-state index is -0.669. The summed E-state index contributed by atoms with van der Waals surface area (Å²) < 4.78 is 6.29. The van der Waals surface area contributed by atoms with E-state index in [9.17, 15) is 4.79 Å². The van der Waals surface area contributed by atoms with Crippen molar-refractivity contribution in [2.24, 2.45) is 17.8 Å². The van der Waals surface area contributed by atoms with Crippen LogP contribution in [0.3, 0.4) is 0 Å². The SMILES string of the molecule is CCCC(Oc1ccc2c(c1)C[C@H](C)C(CN1CC(C(=O)O)C1)=C2)C(C)C. The largest absolute Gasteiger partial charge is 0.490 e. The topological polar surface area (TPSA) is 49.8 Å². The van der Waals surface area contributed by atoms with Gasteiger partial charge < -0.3 is 9.84 Å². The van der Waals surface area contributed by atoms with Gasteiger partial charge in [-0.25, -0.2) is 0 Å². The number of hydrogen-bond donors (Lipinski definition) is 1. The van der Waals surface area contributed by atoms with E-state index >= 15 is 0 Å². The maximum atomic E-state index is 11.0. The molecule has 1 unspecified atom stereocenters. The molecule has 27 heavy (non-hydrogen) atoms. The van der Waals surface area contributed by atoms with E-state index in [4.69, 9.17) is 9.84 Å². The Morgan fingerprint density at radius 2 is 2.07 bits per heavy atom. The lowest BCUT2D eigenvalue weighted by molar-refractivity contribution is -0.147. The Balaban J connectivity index is 1.67. The van der Waals surface area contributed by atoms with Crippen molar-refractivity contribution in [3.63, 3.8) is 0 Å². The zero-order valence-electron chi connectivity index (χ0n) is 17.1. The summed E-state index contributed by atoms with van der Waals surface area (Å²) in [6, 6.07) is 6.49. The number of benzene rings is 1. The third kappa shape index (κ3) is 4.73. The molecule has 1 aliphatic heterocycles. The monoisotopic (exact) mass is 371 g/mol. The lowest BCUT2D eigenvalue weighted by Gasteiger charge is -2.38. The number of hydrogen-bond acceptors (Lipinski definition) is 3. The molecule has 1 aromatic carbocycles. The molecule has 1 aromatic rings. The molecule has 0 saturated carbocycles. The number of rotatable bonds is 8. The van der Waals surface area contributed by atoms with Gasteiger partial charge in [-0.2, -0.15) is 0 Å². The number of carbonyl (C=O) groups is 1. The van der Waals surface area contributed by atoms with Crippen LogP contribution in [0.2, 0.25) is 0 Å². The van der Waals surface area contributed by atoms with Crippen LogP contribution in [0.15, 0.2) is 23.8 Å². The Hall–Kier alpha value is -1.81. The first-order valence-corrected chi connectivity index (χ1v) is 10.3. The summed E-state index contributed by atoms with van der Waals surface area (Å²) >= 11 is 0. The zero-order chi connectivity index (χ0) is 19.6. The first-order valence-electron chi connectivity index (χ1n) is 10.3. The molecule has 148 valence electrons. The molecule has 2 aliphatic rings. The van der Waals surface area contributed by atoms with Gasteiger partial charge in [0.2, 0.25) is 0 Å². The number of ether oxygens (including phenoxy) is 1. The summed E-state index contributed by atoms with van der Waals surface area (Å²) in [6.45, 7) is 11.1. The van der Waals surface area contributed by atoms with Crippen LogP contribution < -0.4 is 4.74 Å². The molecule has 3 rings (SSSR count). The van der Waals surface area contributed by atoms with Gasteiger partial charge in [-0.3, -0.25) is 9.69 Å². The molecule has 0 radical (unpaired) electrons. The fraction of sp³-hybridized carbons (Fsp3) is 0.609. The minimum Gasteiger partial charge on any atom is -0.490 e. The van der Waals surface area contributed by atoms with Crippen molar-refractivity contribution in [2.45, 2.75) is 53.1 Å². The van der Waals surface area contributed by atoms with E-state index in [1.54, 1.807) is 0 Å². The molecule has 1 aliphatic carbocycles. The summed E-state index contributed by atoms with van der Waals surface area (Å²) in [5.74, 6) is 1.12. The van der Waals surface area contributed by atoms with E-state index in [-0.39, 0.29) is 12.0 Å². The standard InChI is InChI=1S/C23H33NO3/c1-5-6-22(15(2)3)27-21-8-7-17-10-19(16(4)9-18(17)11-21)12-24-13-20(14-24)23(25)26/h7-8,10-11,15-16,20,22H,5-6,9,12-14H2,1-4H3,(H,25,26)/t16-,22?/m0/s1. The quantitative estimate of drug-likeness (QED) is 0.732. The number of carboxylic acids is 1. The summed E-state index contributed by atoms with van der Waals surface area (Å²) in [5.41, 5.74) is 4.04. The maximum Gasteiger partial charge on any atom is 0.309 e. The van der Waals surface area contributed by atoms with Crippen LogP contribution in [-0.4, -0.2) is 41.7 Å². The lowest BCUT2D eigenvalue weighted by atomic mass is 9.83. The highest BCUT2D eigenvalue weighted by molar-refractivity contribution is 5.71. The highest BCUT2D eigenvalue weighted by Gasteiger charge is 2.33. The second kappa shape index (κ2) is 8.47. The zero-order valence-corrected chi connectivity index (χ0v) is 17.1. The Kier molecular flexibility index (Phi) is 6.25. The Morgan fingerprint density at radius 3 is 2.70 bits per heavy atom. The van der Waals surface area contributed by atoms with Gasteiger partial charge in [0.15, 0.2) is 0 Å². The molecule has 0 amide bonds. The highest BCUT2D eigenvalue weighted by Crippen LogP contribution is 2.33. The smallest absolute Gasteiger partial charge is 0.309 e. The van der Waals surface area contributed by atoms with Crippen LogP contribution in [0.1, 0.15) is 51.7 Å². The van der Waals surface area contributed by atoms with Crippen LogP contribution in [0.25, 0.3) is 6.08 Å². The number of fused-ring (bicyclic) bond motifs is 1. The number of nitrogens with zero attached hydrogens (tertiary/aromatic N) is 1. The lowest BCUT2D eigenvalue weighted by Crippen LogP contribution is -2.51. The Bertz CT molecular complexity index is 704. The molecule has 1 N–H and O–H groups in total. The summed E-state index contributed by atoms with van der Waals surface area (Å²) in [4.78, 5) is 13.2. The van der Waals surface area contributed by atoms with Crippen molar-refractivity contribution in [1.82, 2.24) is 4.90 Å². The molecule has 0 aromatic heterocycles. The van der Waals surface area contributed by atoms with Crippen LogP contribution in [0.5, 0.6) is 5.75 Å². The van der Waals surface area contributed by atoms with E-state index in [1.807, 2.05) is 0 Å². The molecular formula is C23H33NO3. The highest BCUT2D eigenvalue weighted by atomic mass is 16.5. The van der Waals surface area contributed by atoms with Crippen molar-refractivity contribution in [3.8, 4) is 5.75 Å². The van der Waals surface area contributed by atoms with Crippen molar-refractivity contribution in [2.75, 3.05) is 19.6 Å². The minimum absolute atomic E-state index is 0.187. The van der Waals surface area contributed by atoms with Gasteiger partial charge in [0.25, 0.3) is 0 Å². The Morgan fingerprint density at radius 1 is 1.33 bits per heavy atom. The normalized spacial score (nSPS) is 21.4. The van der Waals surface area contributed by atoms with E-state index < -0.39 is 5.97 Å². The van der Waals surface area contributed by atoms with Crippen LogP contribution >= 0.6 is 0 Å². The second-order valence-corrected chi connectivity index (χ2v) is 8.60. The van der Waals surface area contributed by atoms with Crippen molar-refractivity contribution >= 4 is 12.0 Å². The van der Waals surface area contributed by atoms with Gasteiger partial charge in [0.1, 0.15) is 11.9 Å². The van der Waals surface area contributed by atoms with Crippen molar-refractivity contribution in [3.05, 3.63) is 34.9 Å². The number of carboxylic acid groups (broad SMARTS) is 1. The van der Waals surface area contributed by atoms with E-state index in [0.29, 0.717) is 24.9 Å². The van der Waals surface area contributed by atoms with Gasteiger partial charge in [-0.1, -0.05) is 51.8 Å². The van der Waals surface area contributed by atoms with Gasteiger partial charge >= 0.3 is 5.97 Å². The molecular weight excluding hydrogens is 338 g/mol. The predicted molar refractivity (Wildman–Crippen MR) is 109 cm³/mol. The molecule has 0 spiro atoms. The summed E-state index contributed by atoms with van der Waals surface area (Å²) in [5, 5.41) is 9.04. The van der Waals surface area contributed by atoms with Crippen molar-refractivity contribution in [1.29, 1.82) is 0 Å². The fourth-order valence-electron chi connectivity index (χ4n) is 4.08. The molecule has 2 atom stereocenters. The van der Waals surface area contributed by atoms with Crippen LogP contribution in [-0.2, 0) is 11.2 Å². The van der Waals surface area contributed by atoms with Crippen molar-refractivity contribution < 1.29 is 14.6 Å². The van der Waals surface area contributed by atoms with Gasteiger partial charge in [-0.05, 0) is 47.9 Å². The van der Waals surface area contributed by atoms with E-state index in [2.05, 4.69) is 56.9 Å². The van der Waals surface area contributed by atoms with Gasteiger partial charge in [0.05, 0.1) is 5.92 Å². The van der Waals surface area contributed by atoms with E-state index in [0.717, 1.165) is 31.6 Å². The first-order chi connectivity index (χ1) is 12.9. The predicted octanol–water partition coefficient (Wildman–Crippen LogP) is 4.48. The van der Waals surface area contributed by atoms with Gasteiger partial charge in [0, 0.05) is 19.6 Å². The molecule has 1 fully saturated rings. The number of aliphatic carboxylic acids is 1. The van der Waals surface area contributed by atoms with Crippen LogP contribution in [0, 0.1) is 17.8 Å². The maximum absolute atomic E-state index is 11.0. The molecule has 1 heterocycles. The molecule has 1 saturated heterocycles. The molecule has 0 bridgehead atoms. The van der Waals surface area contributed by atoms with Crippen LogP contribution in [0.4, 0.5) is 0 Å². The molecule has 4 heteroatoms. The fourth-order valence-corrected chi connectivity index (χ4v) is 4.08.